The molecule has 0 aliphatic rings. The van der Waals surface area contributed by atoms with Gasteiger partial charge in [0.2, 0.25) is 5.65 Å². The Morgan fingerprint density at radius 3 is 2.59 bits per heavy atom. The molecule has 4 nitrogen and oxygen atoms in total. The van der Waals surface area contributed by atoms with Crippen molar-refractivity contribution in [3.8, 4) is 22.4 Å². The van der Waals surface area contributed by atoms with E-state index in [-0.39, 0.29) is 0 Å². The van der Waals surface area contributed by atoms with Crippen molar-refractivity contribution in [3.05, 3.63) is 84.1 Å². The molecule has 0 fully saturated rings. The fraction of sp³-hybridized carbons (Fsp3) is 0.0500. The zero-order valence-corrected chi connectivity index (χ0v) is 13.8. The zero-order valence-electron chi connectivity index (χ0n) is 13.8. The van der Waals surface area contributed by atoms with Crippen LogP contribution in [0.2, 0.25) is 0 Å². The lowest BCUT2D eigenvalue weighted by molar-refractivity contribution is -0.137. The van der Waals surface area contributed by atoms with Crippen LogP contribution in [-0.2, 0) is 6.18 Å². The topological polar surface area (TPSA) is 34.5 Å². The maximum Gasteiger partial charge on any atom is 0.416 e. The van der Waals surface area contributed by atoms with Crippen molar-refractivity contribution in [2.45, 2.75) is 6.18 Å². The Kier molecular flexibility index (Phi) is 3.89. The predicted molar refractivity (Wildman–Crippen MR) is 95.1 cm³/mol. The average Bonchev–Trinajstić information content (AvgIpc) is 3.10. The number of pyridine rings is 2. The van der Waals surface area contributed by atoms with E-state index in [0.29, 0.717) is 28.3 Å². The van der Waals surface area contributed by atoms with Gasteiger partial charge in [-0.05, 0) is 24.3 Å². The summed E-state index contributed by atoms with van der Waals surface area (Å²) in [5.74, 6) is 0.358. The van der Waals surface area contributed by atoms with Crippen LogP contribution in [0.5, 0.6) is 0 Å². The zero-order chi connectivity index (χ0) is 19.0. The Morgan fingerprint density at radius 2 is 1.81 bits per heavy atom. The molecule has 0 amide bonds. The van der Waals surface area contributed by atoms with Crippen molar-refractivity contribution in [2.24, 2.45) is 0 Å². The fourth-order valence-electron chi connectivity index (χ4n) is 2.92. The first-order valence-corrected chi connectivity index (χ1v) is 7.95. The molecule has 3 aromatic heterocycles. The van der Waals surface area contributed by atoms with E-state index in [0.717, 1.165) is 17.7 Å². The molecule has 0 aliphatic carbocycles. The van der Waals surface area contributed by atoms with Crippen molar-refractivity contribution in [3.63, 3.8) is 0 Å². The molecule has 0 N–H and O–H groups in total. The SMILES string of the molecule is [C-]#[N+]c1cnc2ccc(-c3cccnc3-c3cccc(C(F)(F)F)c3)cn12. The van der Waals surface area contributed by atoms with E-state index < -0.39 is 11.7 Å². The lowest BCUT2D eigenvalue weighted by Crippen LogP contribution is -2.04. The molecule has 0 atom stereocenters. The number of benzene rings is 1. The summed E-state index contributed by atoms with van der Waals surface area (Å²) < 4.78 is 40.9. The molecule has 3 heterocycles. The Morgan fingerprint density at radius 1 is 0.963 bits per heavy atom. The van der Waals surface area contributed by atoms with E-state index in [1.807, 2.05) is 6.07 Å². The van der Waals surface area contributed by atoms with Gasteiger partial charge in [0.1, 0.15) is 0 Å². The quantitative estimate of drug-likeness (QED) is 0.432. The molecule has 0 aliphatic heterocycles. The number of rotatable bonds is 2. The number of alkyl halides is 3. The number of imidazole rings is 1. The number of halogens is 3. The van der Waals surface area contributed by atoms with Gasteiger partial charge < -0.3 is 4.85 Å². The van der Waals surface area contributed by atoms with E-state index in [1.54, 1.807) is 41.1 Å². The van der Waals surface area contributed by atoms with Gasteiger partial charge in [0.25, 0.3) is 5.82 Å². The first-order chi connectivity index (χ1) is 13.0. The maximum atomic E-state index is 13.1. The van der Waals surface area contributed by atoms with Crippen LogP contribution in [0.25, 0.3) is 32.9 Å². The molecule has 0 saturated heterocycles. The maximum absolute atomic E-state index is 13.1. The molecule has 4 rings (SSSR count). The van der Waals surface area contributed by atoms with Gasteiger partial charge in [0.05, 0.1) is 23.7 Å². The third kappa shape index (κ3) is 3.02. The van der Waals surface area contributed by atoms with E-state index >= 15 is 0 Å². The molecule has 132 valence electrons. The van der Waals surface area contributed by atoms with Gasteiger partial charge in [-0.15, -0.1) is 0 Å². The van der Waals surface area contributed by atoms with E-state index in [4.69, 9.17) is 6.57 Å². The van der Waals surface area contributed by atoms with Crippen LogP contribution >= 0.6 is 0 Å². The van der Waals surface area contributed by atoms with Crippen molar-refractivity contribution in [1.82, 2.24) is 14.4 Å². The number of aromatic nitrogens is 3. The summed E-state index contributed by atoms with van der Waals surface area (Å²) in [5, 5.41) is 0. The monoisotopic (exact) mass is 364 g/mol. The first kappa shape index (κ1) is 16.8. The average molecular weight is 364 g/mol. The first-order valence-electron chi connectivity index (χ1n) is 7.95. The highest BCUT2D eigenvalue weighted by atomic mass is 19.4. The molecule has 0 spiro atoms. The lowest BCUT2D eigenvalue weighted by atomic mass is 9.99. The van der Waals surface area contributed by atoms with E-state index in [1.165, 1.54) is 12.3 Å². The largest absolute Gasteiger partial charge is 0.416 e. The van der Waals surface area contributed by atoms with Crippen molar-refractivity contribution < 1.29 is 13.2 Å². The van der Waals surface area contributed by atoms with Crippen molar-refractivity contribution >= 4 is 11.5 Å². The van der Waals surface area contributed by atoms with Gasteiger partial charge in [-0.1, -0.05) is 24.8 Å². The van der Waals surface area contributed by atoms with Crippen LogP contribution in [0.4, 0.5) is 19.0 Å². The summed E-state index contributed by atoms with van der Waals surface area (Å²) in [6.45, 7) is 7.22. The number of hydrogen-bond donors (Lipinski definition) is 0. The minimum absolute atomic E-state index is 0.358. The summed E-state index contributed by atoms with van der Waals surface area (Å²) in [6.07, 6.45) is 0.331. The molecule has 0 unspecified atom stereocenters. The van der Waals surface area contributed by atoms with Crippen LogP contribution < -0.4 is 0 Å². The third-order valence-electron chi connectivity index (χ3n) is 4.18. The Bertz CT molecular complexity index is 1190. The second-order valence-corrected chi connectivity index (χ2v) is 5.85. The molecule has 0 radical (unpaired) electrons. The standard InChI is InChI=1S/C20H11F3N4/c1-24-18-11-26-17-8-7-14(12-27(17)18)16-6-3-9-25-19(16)13-4-2-5-15(10-13)20(21,22)23/h2-12H. The van der Waals surface area contributed by atoms with Crippen molar-refractivity contribution in [1.29, 1.82) is 0 Å². The van der Waals surface area contributed by atoms with Crippen molar-refractivity contribution in [2.75, 3.05) is 0 Å². The number of nitrogens with zero attached hydrogens (tertiary/aromatic N) is 4. The highest BCUT2D eigenvalue weighted by Gasteiger charge is 2.30. The Labute approximate surface area is 152 Å². The molecule has 27 heavy (non-hydrogen) atoms. The Balaban J connectivity index is 1.89. The summed E-state index contributed by atoms with van der Waals surface area (Å²) in [4.78, 5) is 11.9. The Hall–Kier alpha value is -3.66. The minimum atomic E-state index is -4.43. The molecule has 0 bridgehead atoms. The van der Waals surface area contributed by atoms with E-state index in [2.05, 4.69) is 14.8 Å². The molecular formula is C20H11F3N4. The van der Waals surface area contributed by atoms with Crippen LogP contribution in [0.1, 0.15) is 5.56 Å². The smallest absolute Gasteiger partial charge is 0.362 e. The van der Waals surface area contributed by atoms with E-state index in [9.17, 15) is 13.2 Å². The molecule has 1 aromatic carbocycles. The second kappa shape index (κ2) is 6.25. The van der Waals surface area contributed by atoms with Crippen LogP contribution in [0.3, 0.4) is 0 Å². The van der Waals surface area contributed by atoms with Gasteiger partial charge in [0, 0.05) is 29.0 Å². The van der Waals surface area contributed by atoms with Gasteiger partial charge in [-0.2, -0.15) is 13.2 Å². The molecule has 0 saturated carbocycles. The van der Waals surface area contributed by atoms with Crippen LogP contribution in [-0.4, -0.2) is 14.4 Å². The third-order valence-corrected chi connectivity index (χ3v) is 4.18. The van der Waals surface area contributed by atoms with Gasteiger partial charge in [-0.3, -0.25) is 4.98 Å². The highest BCUT2D eigenvalue weighted by molar-refractivity contribution is 5.81. The summed E-state index contributed by atoms with van der Waals surface area (Å²) in [5.41, 5.74) is 2.10. The lowest BCUT2D eigenvalue weighted by Gasteiger charge is -2.11. The highest BCUT2D eigenvalue weighted by Crippen LogP contribution is 2.35. The normalized spacial score (nSPS) is 11.5. The van der Waals surface area contributed by atoms with Crippen LogP contribution in [0, 0.1) is 6.57 Å². The molecular weight excluding hydrogens is 353 g/mol. The minimum Gasteiger partial charge on any atom is -0.362 e. The molecule has 4 aromatic rings. The predicted octanol–water partition coefficient (Wildman–Crippen LogP) is 5.63. The van der Waals surface area contributed by atoms with Gasteiger partial charge in [-0.25, -0.2) is 9.38 Å². The summed E-state index contributed by atoms with van der Waals surface area (Å²) >= 11 is 0. The second-order valence-electron chi connectivity index (χ2n) is 5.85. The summed E-state index contributed by atoms with van der Waals surface area (Å²) in [7, 11) is 0. The van der Waals surface area contributed by atoms with Gasteiger partial charge >= 0.3 is 6.18 Å². The number of fused-ring (bicyclic) bond motifs is 1. The van der Waals surface area contributed by atoms with Gasteiger partial charge in [0.15, 0.2) is 0 Å². The van der Waals surface area contributed by atoms with Crippen LogP contribution in [0.15, 0.2) is 67.1 Å². The fourth-order valence-corrected chi connectivity index (χ4v) is 2.92. The summed E-state index contributed by atoms with van der Waals surface area (Å²) in [6, 6.07) is 12.2. The molecule has 7 heteroatoms. The number of hydrogen-bond acceptors (Lipinski definition) is 2.